The van der Waals surface area contributed by atoms with E-state index in [2.05, 4.69) is 36.9 Å². The van der Waals surface area contributed by atoms with E-state index in [4.69, 9.17) is 0 Å². The maximum Gasteiger partial charge on any atom is 0.161 e. The Labute approximate surface area is 132 Å². The van der Waals surface area contributed by atoms with E-state index in [1.54, 1.807) is 0 Å². The first kappa shape index (κ1) is 14.6. The minimum absolute atomic E-state index is 0.141. The van der Waals surface area contributed by atoms with Gasteiger partial charge in [-0.05, 0) is 17.2 Å². The van der Waals surface area contributed by atoms with Gasteiger partial charge in [0.05, 0.1) is 0 Å². The summed E-state index contributed by atoms with van der Waals surface area (Å²) >= 11 is 0. The first-order valence-corrected chi connectivity index (χ1v) is 7.62. The van der Waals surface area contributed by atoms with Crippen LogP contribution in [-0.4, -0.2) is 12.8 Å². The number of para-hydroxylation sites is 1. The lowest BCUT2D eigenvalue weighted by atomic mass is 9.83. The molecule has 2 aromatic carbocycles. The Morgan fingerprint density at radius 2 is 1.68 bits per heavy atom. The van der Waals surface area contributed by atoms with Crippen LogP contribution in [0.3, 0.4) is 0 Å². The molecule has 0 N–H and O–H groups in total. The van der Waals surface area contributed by atoms with E-state index in [-0.39, 0.29) is 11.2 Å². The molecule has 0 atom stereocenters. The number of fused-ring (bicyclic) bond motifs is 1. The van der Waals surface area contributed by atoms with E-state index in [1.807, 2.05) is 49.5 Å². The van der Waals surface area contributed by atoms with Crippen LogP contribution in [0.2, 0.25) is 0 Å². The second kappa shape index (κ2) is 5.45. The lowest BCUT2D eigenvalue weighted by molar-refractivity contribution is -0.114. The molecule has 2 aromatic rings. The molecule has 0 aliphatic carbocycles. The number of nitrogens with zero attached hydrogens (tertiary/aromatic N) is 1. The molecule has 0 saturated heterocycles. The van der Waals surface area contributed by atoms with E-state index in [0.29, 0.717) is 6.42 Å². The van der Waals surface area contributed by atoms with Crippen molar-refractivity contribution in [2.75, 3.05) is 11.9 Å². The Bertz CT molecular complexity index is 728. The minimum atomic E-state index is -0.141. The summed E-state index contributed by atoms with van der Waals surface area (Å²) in [6.45, 7) is 4.36. The predicted molar refractivity (Wildman–Crippen MR) is 91.1 cm³/mol. The van der Waals surface area contributed by atoms with Crippen LogP contribution in [0, 0.1) is 0 Å². The van der Waals surface area contributed by atoms with E-state index in [1.165, 1.54) is 11.3 Å². The predicted octanol–water partition coefficient (Wildman–Crippen LogP) is 4.11. The Kier molecular flexibility index (Phi) is 3.61. The smallest absolute Gasteiger partial charge is 0.161 e. The summed E-state index contributed by atoms with van der Waals surface area (Å²) in [5.41, 5.74) is 4.44. The molecule has 2 nitrogen and oxygen atoms in total. The van der Waals surface area contributed by atoms with Crippen LogP contribution in [0.4, 0.5) is 5.69 Å². The number of anilines is 1. The minimum Gasteiger partial charge on any atom is -0.347 e. The molecule has 0 unspecified atom stereocenters. The molecule has 0 aromatic heterocycles. The van der Waals surface area contributed by atoms with Gasteiger partial charge in [-0.15, -0.1) is 0 Å². The molecule has 0 spiro atoms. The van der Waals surface area contributed by atoms with Crippen molar-refractivity contribution in [3.8, 4) is 0 Å². The SMILES string of the molecule is CN1C(=CC(=O)Cc2ccccc2)C(C)(C)c2ccccc21. The third kappa shape index (κ3) is 2.45. The summed E-state index contributed by atoms with van der Waals surface area (Å²) in [5, 5.41) is 0. The lowest BCUT2D eigenvalue weighted by Crippen LogP contribution is -2.24. The largest absolute Gasteiger partial charge is 0.347 e. The van der Waals surface area contributed by atoms with E-state index < -0.39 is 0 Å². The van der Waals surface area contributed by atoms with Crippen molar-refractivity contribution in [2.24, 2.45) is 0 Å². The van der Waals surface area contributed by atoms with Gasteiger partial charge in [-0.3, -0.25) is 4.79 Å². The van der Waals surface area contributed by atoms with Crippen LogP contribution in [0.15, 0.2) is 66.4 Å². The molecule has 0 saturated carbocycles. The van der Waals surface area contributed by atoms with Crippen molar-refractivity contribution < 1.29 is 4.79 Å². The fraction of sp³-hybridized carbons (Fsp3) is 0.250. The van der Waals surface area contributed by atoms with Crippen molar-refractivity contribution >= 4 is 11.5 Å². The summed E-state index contributed by atoms with van der Waals surface area (Å²) in [6, 6.07) is 18.3. The molecule has 0 radical (unpaired) electrons. The maximum absolute atomic E-state index is 12.4. The summed E-state index contributed by atoms with van der Waals surface area (Å²) in [6.07, 6.45) is 2.26. The molecule has 1 heterocycles. The molecule has 0 amide bonds. The second-order valence-electron chi connectivity index (χ2n) is 6.36. The standard InChI is InChI=1S/C20H21NO/c1-20(2)17-11-7-8-12-18(17)21(3)19(20)14-16(22)13-15-9-5-4-6-10-15/h4-12,14H,13H2,1-3H3. The quantitative estimate of drug-likeness (QED) is 0.793. The van der Waals surface area contributed by atoms with Crippen LogP contribution >= 0.6 is 0 Å². The van der Waals surface area contributed by atoms with Gasteiger partial charge in [-0.2, -0.15) is 0 Å². The van der Waals surface area contributed by atoms with Gasteiger partial charge in [-0.1, -0.05) is 62.4 Å². The zero-order valence-electron chi connectivity index (χ0n) is 13.3. The van der Waals surface area contributed by atoms with Gasteiger partial charge in [0.1, 0.15) is 0 Å². The summed E-state index contributed by atoms with van der Waals surface area (Å²) < 4.78 is 0. The van der Waals surface area contributed by atoms with Crippen molar-refractivity contribution in [1.82, 2.24) is 0 Å². The van der Waals surface area contributed by atoms with Crippen LogP contribution < -0.4 is 4.90 Å². The molecule has 22 heavy (non-hydrogen) atoms. The van der Waals surface area contributed by atoms with E-state index in [9.17, 15) is 4.79 Å². The number of hydrogen-bond donors (Lipinski definition) is 0. The zero-order valence-corrected chi connectivity index (χ0v) is 13.3. The van der Waals surface area contributed by atoms with Crippen molar-refractivity contribution in [3.05, 3.63) is 77.5 Å². The normalized spacial score (nSPS) is 17.6. The van der Waals surface area contributed by atoms with Crippen LogP contribution in [0.1, 0.15) is 25.0 Å². The monoisotopic (exact) mass is 291 g/mol. The maximum atomic E-state index is 12.4. The number of hydrogen-bond acceptors (Lipinski definition) is 2. The molecule has 0 bridgehead atoms. The van der Waals surface area contributed by atoms with Gasteiger partial charge in [0.25, 0.3) is 0 Å². The molecular weight excluding hydrogens is 270 g/mol. The molecule has 1 aliphatic heterocycles. The zero-order chi connectivity index (χ0) is 15.7. The van der Waals surface area contributed by atoms with Crippen LogP contribution in [-0.2, 0) is 16.6 Å². The average molecular weight is 291 g/mol. The van der Waals surface area contributed by atoms with Gasteiger partial charge in [0.15, 0.2) is 5.78 Å². The highest BCUT2D eigenvalue weighted by Gasteiger charge is 2.38. The summed E-state index contributed by atoms with van der Waals surface area (Å²) in [7, 11) is 2.04. The van der Waals surface area contributed by atoms with Gasteiger partial charge in [0.2, 0.25) is 0 Å². The fourth-order valence-electron chi connectivity index (χ4n) is 3.26. The van der Waals surface area contributed by atoms with Gasteiger partial charge in [0, 0.05) is 36.3 Å². The number of likely N-dealkylation sites (N-methyl/N-ethyl adjacent to an activating group) is 1. The number of ketones is 1. The van der Waals surface area contributed by atoms with Crippen molar-refractivity contribution in [2.45, 2.75) is 25.7 Å². The van der Waals surface area contributed by atoms with Crippen molar-refractivity contribution in [3.63, 3.8) is 0 Å². The van der Waals surface area contributed by atoms with Crippen molar-refractivity contribution in [1.29, 1.82) is 0 Å². The summed E-state index contributed by atoms with van der Waals surface area (Å²) in [5.74, 6) is 0.147. The number of benzene rings is 2. The molecule has 2 heteroatoms. The molecule has 3 rings (SSSR count). The first-order chi connectivity index (χ1) is 10.5. The number of allylic oxidation sites excluding steroid dienone is 2. The van der Waals surface area contributed by atoms with Gasteiger partial charge in [-0.25, -0.2) is 0 Å². The Hall–Kier alpha value is -2.35. The number of carbonyl (C=O) groups excluding carboxylic acids is 1. The highest BCUT2D eigenvalue weighted by Crippen LogP contribution is 2.46. The molecule has 1 aliphatic rings. The summed E-state index contributed by atoms with van der Waals surface area (Å²) in [4.78, 5) is 14.6. The molecular formula is C20H21NO. The van der Waals surface area contributed by atoms with E-state index in [0.717, 1.165) is 11.3 Å². The Morgan fingerprint density at radius 1 is 1.05 bits per heavy atom. The number of rotatable bonds is 3. The molecule has 112 valence electrons. The highest BCUT2D eigenvalue weighted by atomic mass is 16.1. The number of carbonyl (C=O) groups is 1. The first-order valence-electron chi connectivity index (χ1n) is 7.62. The van der Waals surface area contributed by atoms with Gasteiger partial charge >= 0.3 is 0 Å². The molecule has 0 fully saturated rings. The Balaban J connectivity index is 1.90. The highest BCUT2D eigenvalue weighted by molar-refractivity contribution is 5.93. The lowest BCUT2D eigenvalue weighted by Gasteiger charge is -2.24. The van der Waals surface area contributed by atoms with Crippen LogP contribution in [0.5, 0.6) is 0 Å². The third-order valence-electron chi connectivity index (χ3n) is 4.46. The van der Waals surface area contributed by atoms with E-state index >= 15 is 0 Å². The Morgan fingerprint density at radius 3 is 2.36 bits per heavy atom. The second-order valence-corrected chi connectivity index (χ2v) is 6.36. The third-order valence-corrected chi connectivity index (χ3v) is 4.46. The average Bonchev–Trinajstić information content (AvgIpc) is 2.70. The van der Waals surface area contributed by atoms with Gasteiger partial charge < -0.3 is 4.90 Å². The van der Waals surface area contributed by atoms with Crippen LogP contribution in [0.25, 0.3) is 0 Å². The topological polar surface area (TPSA) is 20.3 Å². The fourth-order valence-corrected chi connectivity index (χ4v) is 3.26.